The van der Waals surface area contributed by atoms with Gasteiger partial charge in [-0.2, -0.15) is 20.4 Å². The van der Waals surface area contributed by atoms with Gasteiger partial charge in [-0.3, -0.25) is 9.36 Å². The van der Waals surface area contributed by atoms with Gasteiger partial charge in [-0.25, -0.2) is 4.52 Å². The minimum Gasteiger partial charge on any atom is -0.493 e. The standard InChI is InChI=1S/C19H20N10O/c1-26-10-14(8-21-26)23-18-24-17-16(4-3-7-28(17)25-18)27-12-19(13-27,5-6-20)29-11-15(30-2)9-22-29/h3-4,7-11H,5,12-13H2,1-2H3,(H,23,25). The number of nitrogens with zero attached hydrogens (tertiary/aromatic N) is 9. The van der Waals surface area contributed by atoms with Gasteiger partial charge >= 0.3 is 0 Å². The van der Waals surface area contributed by atoms with Gasteiger partial charge in [-0.05, 0) is 12.1 Å². The van der Waals surface area contributed by atoms with Gasteiger partial charge < -0.3 is 15.0 Å². The number of nitriles is 1. The summed E-state index contributed by atoms with van der Waals surface area (Å²) in [5, 5.41) is 25.6. The van der Waals surface area contributed by atoms with Crippen LogP contribution in [0.4, 0.5) is 17.3 Å². The molecule has 0 amide bonds. The van der Waals surface area contributed by atoms with Gasteiger partial charge in [0.25, 0.3) is 0 Å². The molecule has 4 aromatic heterocycles. The van der Waals surface area contributed by atoms with E-state index in [-0.39, 0.29) is 0 Å². The number of anilines is 3. The molecule has 0 radical (unpaired) electrons. The highest BCUT2D eigenvalue weighted by Crippen LogP contribution is 2.37. The zero-order valence-electron chi connectivity index (χ0n) is 16.6. The largest absolute Gasteiger partial charge is 0.493 e. The molecule has 11 nitrogen and oxygen atoms in total. The number of methoxy groups -OCH3 is 1. The SMILES string of the molecule is COc1cnn(C2(CC#N)CN(c3cccn4nc(Nc5cnn(C)c5)nc34)C2)c1. The lowest BCUT2D eigenvalue weighted by atomic mass is 9.86. The number of hydrogen-bond donors (Lipinski definition) is 1. The fourth-order valence-electron chi connectivity index (χ4n) is 3.80. The molecule has 0 aliphatic carbocycles. The molecule has 1 fully saturated rings. The first-order valence-electron chi connectivity index (χ1n) is 9.42. The van der Waals surface area contributed by atoms with Crippen LogP contribution in [0.5, 0.6) is 5.75 Å². The van der Waals surface area contributed by atoms with E-state index in [4.69, 9.17) is 4.74 Å². The molecule has 0 atom stereocenters. The van der Waals surface area contributed by atoms with Crippen molar-refractivity contribution in [3.63, 3.8) is 0 Å². The van der Waals surface area contributed by atoms with Crippen LogP contribution in [0.1, 0.15) is 6.42 Å². The zero-order valence-corrected chi connectivity index (χ0v) is 16.6. The summed E-state index contributed by atoms with van der Waals surface area (Å²) < 4.78 is 10.5. The summed E-state index contributed by atoms with van der Waals surface area (Å²) in [7, 11) is 3.46. The Morgan fingerprint density at radius 1 is 1.27 bits per heavy atom. The number of ether oxygens (including phenoxy) is 1. The smallest absolute Gasteiger partial charge is 0.247 e. The number of aromatic nitrogens is 7. The number of rotatable bonds is 6. The quantitative estimate of drug-likeness (QED) is 0.515. The number of pyridine rings is 1. The Morgan fingerprint density at radius 2 is 2.13 bits per heavy atom. The molecular formula is C19H20N10O. The third-order valence-corrected chi connectivity index (χ3v) is 5.30. The van der Waals surface area contributed by atoms with Crippen LogP contribution in [0.2, 0.25) is 0 Å². The van der Waals surface area contributed by atoms with Crippen LogP contribution in [0.25, 0.3) is 5.65 Å². The van der Waals surface area contributed by atoms with Crippen molar-refractivity contribution in [2.45, 2.75) is 12.0 Å². The van der Waals surface area contributed by atoms with Gasteiger partial charge in [0, 0.05) is 32.5 Å². The molecule has 0 aromatic carbocycles. The van der Waals surface area contributed by atoms with Crippen LogP contribution in [0, 0.1) is 11.3 Å². The van der Waals surface area contributed by atoms with E-state index in [1.54, 1.807) is 28.7 Å². The second kappa shape index (κ2) is 6.77. The molecule has 5 heterocycles. The molecule has 30 heavy (non-hydrogen) atoms. The van der Waals surface area contributed by atoms with Gasteiger partial charge in [-0.15, -0.1) is 5.10 Å². The highest BCUT2D eigenvalue weighted by Gasteiger charge is 2.46. The summed E-state index contributed by atoms with van der Waals surface area (Å²) in [4.78, 5) is 6.84. The second-order valence-electron chi connectivity index (χ2n) is 7.36. The van der Waals surface area contributed by atoms with Crippen molar-refractivity contribution >= 4 is 23.0 Å². The van der Waals surface area contributed by atoms with Gasteiger partial charge in [-0.1, -0.05) is 0 Å². The van der Waals surface area contributed by atoms with Crippen molar-refractivity contribution in [1.29, 1.82) is 5.26 Å². The second-order valence-corrected chi connectivity index (χ2v) is 7.36. The first-order valence-corrected chi connectivity index (χ1v) is 9.42. The van der Waals surface area contributed by atoms with E-state index in [2.05, 4.69) is 36.6 Å². The summed E-state index contributed by atoms with van der Waals surface area (Å²) in [6.45, 7) is 1.28. The summed E-state index contributed by atoms with van der Waals surface area (Å²) in [5.74, 6) is 1.17. The van der Waals surface area contributed by atoms with Crippen LogP contribution in [-0.2, 0) is 12.6 Å². The Bertz CT molecular complexity index is 1240. The monoisotopic (exact) mass is 404 g/mol. The van der Waals surface area contributed by atoms with E-state index in [0.29, 0.717) is 31.2 Å². The summed E-state index contributed by atoms with van der Waals surface area (Å²) >= 11 is 0. The molecule has 0 bridgehead atoms. The van der Waals surface area contributed by atoms with Crippen LogP contribution >= 0.6 is 0 Å². The van der Waals surface area contributed by atoms with E-state index in [1.807, 2.05) is 42.5 Å². The van der Waals surface area contributed by atoms with Gasteiger partial charge in [0.05, 0.1) is 49.6 Å². The van der Waals surface area contributed by atoms with Gasteiger partial charge in [0.15, 0.2) is 11.4 Å². The summed E-state index contributed by atoms with van der Waals surface area (Å²) in [6, 6.07) is 6.25. The highest BCUT2D eigenvalue weighted by atomic mass is 16.5. The Balaban J connectivity index is 1.42. The normalized spacial score (nSPS) is 15.0. The minimum absolute atomic E-state index is 0.359. The lowest BCUT2D eigenvalue weighted by Crippen LogP contribution is -2.63. The minimum atomic E-state index is -0.394. The number of fused-ring (bicyclic) bond motifs is 1. The van der Waals surface area contributed by atoms with E-state index in [0.717, 1.165) is 17.0 Å². The predicted octanol–water partition coefficient (Wildman–Crippen LogP) is 1.54. The average Bonchev–Trinajstić information content (AvgIpc) is 3.43. The molecule has 11 heteroatoms. The Labute approximate surface area is 172 Å². The number of aryl methyl sites for hydroxylation is 1. The zero-order chi connectivity index (χ0) is 20.7. The number of hydrogen-bond acceptors (Lipinski definition) is 8. The van der Waals surface area contributed by atoms with Crippen LogP contribution in [0.3, 0.4) is 0 Å². The van der Waals surface area contributed by atoms with Crippen molar-refractivity contribution < 1.29 is 4.74 Å². The van der Waals surface area contributed by atoms with Gasteiger partial charge in [0.1, 0.15) is 5.54 Å². The third-order valence-electron chi connectivity index (χ3n) is 5.30. The fourth-order valence-corrected chi connectivity index (χ4v) is 3.80. The molecule has 1 N–H and O–H groups in total. The first kappa shape index (κ1) is 18.0. The van der Waals surface area contributed by atoms with E-state index in [1.165, 1.54) is 0 Å². The predicted molar refractivity (Wildman–Crippen MR) is 109 cm³/mol. The van der Waals surface area contributed by atoms with E-state index in [9.17, 15) is 5.26 Å². The first-order chi connectivity index (χ1) is 14.6. The maximum absolute atomic E-state index is 9.38. The summed E-state index contributed by atoms with van der Waals surface area (Å²) in [5.41, 5.74) is 2.12. The topological polar surface area (TPSA) is 114 Å². The lowest BCUT2D eigenvalue weighted by Gasteiger charge is -2.50. The Hall–Kier alpha value is -4.07. The molecule has 4 aromatic rings. The highest BCUT2D eigenvalue weighted by molar-refractivity contribution is 5.72. The molecule has 5 rings (SSSR count). The molecule has 0 spiro atoms. The van der Waals surface area contributed by atoms with Crippen LogP contribution < -0.4 is 15.0 Å². The Morgan fingerprint density at radius 3 is 2.83 bits per heavy atom. The maximum Gasteiger partial charge on any atom is 0.247 e. The van der Waals surface area contributed by atoms with Crippen molar-refractivity contribution in [3.05, 3.63) is 43.1 Å². The Kier molecular flexibility index (Phi) is 4.06. The molecule has 1 aliphatic heterocycles. The maximum atomic E-state index is 9.38. The molecule has 152 valence electrons. The fraction of sp³-hybridized carbons (Fsp3) is 0.316. The van der Waals surface area contributed by atoms with Crippen molar-refractivity contribution in [1.82, 2.24) is 34.2 Å². The number of nitrogens with one attached hydrogen (secondary N) is 1. The lowest BCUT2D eigenvalue weighted by molar-refractivity contribution is 0.198. The average molecular weight is 404 g/mol. The third kappa shape index (κ3) is 2.89. The van der Waals surface area contributed by atoms with Crippen LogP contribution in [-0.4, -0.2) is 54.4 Å². The van der Waals surface area contributed by atoms with Crippen molar-refractivity contribution in [2.75, 3.05) is 30.4 Å². The molecule has 1 aliphatic rings. The van der Waals surface area contributed by atoms with E-state index < -0.39 is 5.54 Å². The van der Waals surface area contributed by atoms with Crippen LogP contribution in [0.15, 0.2) is 43.1 Å². The van der Waals surface area contributed by atoms with Crippen molar-refractivity contribution in [2.24, 2.45) is 7.05 Å². The molecule has 1 saturated heterocycles. The van der Waals surface area contributed by atoms with Crippen molar-refractivity contribution in [3.8, 4) is 11.8 Å². The van der Waals surface area contributed by atoms with Gasteiger partial charge in [0.2, 0.25) is 5.95 Å². The van der Waals surface area contributed by atoms with E-state index >= 15 is 0 Å². The summed E-state index contributed by atoms with van der Waals surface area (Å²) in [6.07, 6.45) is 9.30. The molecule has 0 unspecified atom stereocenters. The molecule has 0 saturated carbocycles. The molecular weight excluding hydrogens is 384 g/mol.